The Hall–Kier alpha value is -0.610. The van der Waals surface area contributed by atoms with Crippen molar-refractivity contribution >= 4 is 5.91 Å². The van der Waals surface area contributed by atoms with Crippen molar-refractivity contribution in [2.45, 2.75) is 44.9 Å². The number of nitrogens with one attached hydrogen (secondary N) is 1. The SMILES string of the molecule is NCC1(C(=O)NCC2(CO)CCCC2)CCC1. The predicted octanol–water partition coefficient (Wildman–Crippen LogP) is 0.784. The van der Waals surface area contributed by atoms with Gasteiger partial charge in [-0.25, -0.2) is 0 Å². The van der Waals surface area contributed by atoms with Gasteiger partial charge in [0.1, 0.15) is 0 Å². The molecule has 4 heteroatoms. The van der Waals surface area contributed by atoms with E-state index in [2.05, 4.69) is 5.32 Å². The van der Waals surface area contributed by atoms with Crippen LogP contribution in [0, 0.1) is 10.8 Å². The van der Waals surface area contributed by atoms with Crippen LogP contribution in [0.15, 0.2) is 0 Å². The van der Waals surface area contributed by atoms with Crippen LogP contribution in [0.1, 0.15) is 44.9 Å². The van der Waals surface area contributed by atoms with Crippen LogP contribution in [0.3, 0.4) is 0 Å². The van der Waals surface area contributed by atoms with E-state index in [1.807, 2.05) is 0 Å². The van der Waals surface area contributed by atoms with Crippen LogP contribution in [0.25, 0.3) is 0 Å². The minimum absolute atomic E-state index is 0.0603. The molecule has 0 heterocycles. The van der Waals surface area contributed by atoms with E-state index in [1.54, 1.807) is 0 Å². The number of amides is 1. The van der Waals surface area contributed by atoms with Crippen molar-refractivity contribution in [1.82, 2.24) is 5.32 Å². The lowest BCUT2D eigenvalue weighted by molar-refractivity contribution is -0.135. The number of carbonyl (C=O) groups excluding carboxylic acids is 1. The van der Waals surface area contributed by atoms with Gasteiger partial charge >= 0.3 is 0 Å². The molecule has 1 amide bonds. The molecule has 2 saturated carbocycles. The Morgan fingerprint density at radius 1 is 1.18 bits per heavy atom. The van der Waals surface area contributed by atoms with Crippen LogP contribution in [0.2, 0.25) is 0 Å². The van der Waals surface area contributed by atoms with Crippen LogP contribution >= 0.6 is 0 Å². The Morgan fingerprint density at radius 2 is 1.82 bits per heavy atom. The van der Waals surface area contributed by atoms with Crippen LogP contribution in [0.4, 0.5) is 0 Å². The van der Waals surface area contributed by atoms with E-state index in [0.717, 1.165) is 32.1 Å². The molecule has 0 atom stereocenters. The maximum absolute atomic E-state index is 12.1. The lowest BCUT2D eigenvalue weighted by Gasteiger charge is -2.40. The summed E-state index contributed by atoms with van der Waals surface area (Å²) in [5, 5.41) is 12.5. The van der Waals surface area contributed by atoms with Gasteiger partial charge in [0, 0.05) is 18.5 Å². The Bertz CT molecular complexity index is 276. The Labute approximate surface area is 103 Å². The molecule has 2 aliphatic rings. The van der Waals surface area contributed by atoms with Crippen molar-refractivity contribution in [1.29, 1.82) is 0 Å². The van der Waals surface area contributed by atoms with Gasteiger partial charge in [-0.3, -0.25) is 4.79 Å². The number of rotatable bonds is 5. The fourth-order valence-electron chi connectivity index (χ4n) is 3.10. The van der Waals surface area contributed by atoms with Crippen LogP contribution in [-0.2, 0) is 4.79 Å². The molecule has 0 bridgehead atoms. The Morgan fingerprint density at radius 3 is 2.24 bits per heavy atom. The molecule has 0 spiro atoms. The first kappa shape index (κ1) is 12.8. The van der Waals surface area contributed by atoms with Crippen LogP contribution < -0.4 is 11.1 Å². The molecule has 2 aliphatic carbocycles. The molecular formula is C13H24N2O2. The lowest BCUT2D eigenvalue weighted by Crippen LogP contribution is -2.52. The second kappa shape index (κ2) is 4.94. The Kier molecular flexibility index (Phi) is 3.73. The predicted molar refractivity (Wildman–Crippen MR) is 66.3 cm³/mol. The average molecular weight is 240 g/mol. The summed E-state index contributed by atoms with van der Waals surface area (Å²) in [5.41, 5.74) is 5.35. The normalized spacial score (nSPS) is 25.3. The molecule has 0 radical (unpaired) electrons. The third kappa shape index (κ3) is 2.33. The standard InChI is InChI=1S/C13H24N2O2/c14-8-13(6-3-7-13)11(17)15-9-12(10-16)4-1-2-5-12/h16H,1-10,14H2,(H,15,17). The van der Waals surface area contributed by atoms with Gasteiger partial charge in [0.25, 0.3) is 0 Å². The highest BCUT2D eigenvalue weighted by atomic mass is 16.3. The minimum atomic E-state index is -0.296. The smallest absolute Gasteiger partial charge is 0.227 e. The molecule has 98 valence electrons. The molecule has 4 N–H and O–H groups in total. The van der Waals surface area contributed by atoms with E-state index in [9.17, 15) is 9.90 Å². The molecule has 2 rings (SSSR count). The highest BCUT2D eigenvalue weighted by molar-refractivity contribution is 5.83. The average Bonchev–Trinajstić information content (AvgIpc) is 2.75. The molecule has 2 fully saturated rings. The molecule has 0 aromatic carbocycles. The van der Waals surface area contributed by atoms with E-state index >= 15 is 0 Å². The summed E-state index contributed by atoms with van der Waals surface area (Å²) in [7, 11) is 0. The molecule has 0 aliphatic heterocycles. The molecule has 0 unspecified atom stereocenters. The van der Waals surface area contributed by atoms with E-state index in [0.29, 0.717) is 13.1 Å². The van der Waals surface area contributed by atoms with Crippen molar-refractivity contribution in [3.05, 3.63) is 0 Å². The molecule has 0 aromatic rings. The second-order valence-corrected chi connectivity index (χ2v) is 5.89. The largest absolute Gasteiger partial charge is 0.396 e. The third-order valence-electron chi connectivity index (χ3n) is 4.81. The zero-order valence-corrected chi connectivity index (χ0v) is 10.5. The quantitative estimate of drug-likeness (QED) is 0.665. The van der Waals surface area contributed by atoms with E-state index in [-0.39, 0.29) is 23.3 Å². The summed E-state index contributed by atoms with van der Waals surface area (Å²) in [4.78, 5) is 12.1. The molecule has 0 saturated heterocycles. The van der Waals surface area contributed by atoms with Crippen molar-refractivity contribution in [2.75, 3.05) is 19.7 Å². The van der Waals surface area contributed by atoms with Crippen molar-refractivity contribution < 1.29 is 9.90 Å². The molecular weight excluding hydrogens is 216 g/mol. The molecule has 17 heavy (non-hydrogen) atoms. The highest BCUT2D eigenvalue weighted by Crippen LogP contribution is 2.41. The summed E-state index contributed by atoms with van der Waals surface area (Å²) in [5.74, 6) is 0.103. The van der Waals surface area contributed by atoms with Gasteiger partial charge < -0.3 is 16.2 Å². The topological polar surface area (TPSA) is 75.4 Å². The highest BCUT2D eigenvalue weighted by Gasteiger charge is 2.43. The fraction of sp³-hybridized carbons (Fsp3) is 0.923. The summed E-state index contributed by atoms with van der Waals surface area (Å²) in [6.45, 7) is 1.25. The summed E-state index contributed by atoms with van der Waals surface area (Å²) < 4.78 is 0. The van der Waals surface area contributed by atoms with Crippen molar-refractivity contribution in [3.63, 3.8) is 0 Å². The molecule has 0 aromatic heterocycles. The number of aliphatic hydroxyl groups is 1. The van der Waals surface area contributed by atoms with Crippen LogP contribution in [0.5, 0.6) is 0 Å². The molecule has 4 nitrogen and oxygen atoms in total. The monoisotopic (exact) mass is 240 g/mol. The zero-order valence-electron chi connectivity index (χ0n) is 10.5. The lowest BCUT2D eigenvalue weighted by atomic mass is 9.68. The van der Waals surface area contributed by atoms with Gasteiger partial charge in [0.05, 0.1) is 12.0 Å². The van der Waals surface area contributed by atoms with E-state index in [1.165, 1.54) is 12.8 Å². The van der Waals surface area contributed by atoms with Gasteiger partial charge in [-0.05, 0) is 25.7 Å². The number of carbonyl (C=O) groups is 1. The first-order chi connectivity index (χ1) is 8.16. The third-order valence-corrected chi connectivity index (χ3v) is 4.81. The van der Waals surface area contributed by atoms with Crippen molar-refractivity contribution in [3.8, 4) is 0 Å². The van der Waals surface area contributed by atoms with Gasteiger partial charge in [0.15, 0.2) is 0 Å². The zero-order chi connectivity index (χ0) is 12.4. The van der Waals surface area contributed by atoms with Gasteiger partial charge in [-0.1, -0.05) is 19.3 Å². The Balaban J connectivity index is 1.87. The van der Waals surface area contributed by atoms with Gasteiger partial charge in [-0.2, -0.15) is 0 Å². The number of hydrogen-bond acceptors (Lipinski definition) is 3. The minimum Gasteiger partial charge on any atom is -0.396 e. The van der Waals surface area contributed by atoms with Gasteiger partial charge in [0.2, 0.25) is 5.91 Å². The summed E-state index contributed by atoms with van der Waals surface area (Å²) in [6.07, 6.45) is 7.33. The van der Waals surface area contributed by atoms with Gasteiger partial charge in [-0.15, -0.1) is 0 Å². The maximum atomic E-state index is 12.1. The summed E-state index contributed by atoms with van der Waals surface area (Å²) in [6, 6.07) is 0. The van der Waals surface area contributed by atoms with Crippen molar-refractivity contribution in [2.24, 2.45) is 16.6 Å². The second-order valence-electron chi connectivity index (χ2n) is 5.89. The number of hydrogen-bond donors (Lipinski definition) is 3. The first-order valence-electron chi connectivity index (χ1n) is 6.76. The maximum Gasteiger partial charge on any atom is 0.227 e. The van der Waals surface area contributed by atoms with Crippen LogP contribution in [-0.4, -0.2) is 30.7 Å². The summed E-state index contributed by atoms with van der Waals surface area (Å²) >= 11 is 0. The van der Waals surface area contributed by atoms with E-state index in [4.69, 9.17) is 5.73 Å². The fourth-order valence-corrected chi connectivity index (χ4v) is 3.10. The first-order valence-corrected chi connectivity index (χ1v) is 6.76. The van der Waals surface area contributed by atoms with E-state index < -0.39 is 0 Å². The number of nitrogens with two attached hydrogens (primary N) is 1. The number of aliphatic hydroxyl groups excluding tert-OH is 1.